The van der Waals surface area contributed by atoms with Crippen molar-refractivity contribution in [2.75, 3.05) is 12.8 Å². The van der Waals surface area contributed by atoms with Crippen LogP contribution in [0.4, 0.5) is 0 Å². The number of amides is 1. The molecule has 18 heavy (non-hydrogen) atoms. The molecule has 0 saturated carbocycles. The van der Waals surface area contributed by atoms with Gasteiger partial charge in [0.15, 0.2) is 9.84 Å². The van der Waals surface area contributed by atoms with Crippen LogP contribution in [0.25, 0.3) is 0 Å². The van der Waals surface area contributed by atoms with E-state index in [9.17, 15) is 13.2 Å². The van der Waals surface area contributed by atoms with Crippen molar-refractivity contribution < 1.29 is 13.2 Å². The zero-order valence-electron chi connectivity index (χ0n) is 10.5. The first-order chi connectivity index (χ1) is 8.15. The molecule has 1 aromatic rings. The lowest BCUT2D eigenvalue weighted by Crippen LogP contribution is -2.43. The third kappa shape index (κ3) is 3.68. The van der Waals surface area contributed by atoms with Crippen LogP contribution in [-0.4, -0.2) is 31.9 Å². The lowest BCUT2D eigenvalue weighted by atomic mass is 10.2. The van der Waals surface area contributed by atoms with E-state index in [2.05, 4.69) is 27.9 Å². The standard InChI is InChI=1S/C12H16INO3S/c1-12(2,18(3,16)17)8-14-11(15)9-6-4-5-7-10(9)13/h4-7H,8H2,1-3H3,(H,14,15). The Labute approximate surface area is 121 Å². The van der Waals surface area contributed by atoms with Crippen molar-refractivity contribution in [2.45, 2.75) is 18.6 Å². The second kappa shape index (κ2) is 5.56. The van der Waals surface area contributed by atoms with Gasteiger partial charge in [-0.2, -0.15) is 0 Å². The van der Waals surface area contributed by atoms with Gasteiger partial charge >= 0.3 is 0 Å². The van der Waals surface area contributed by atoms with Gasteiger partial charge in [0, 0.05) is 16.4 Å². The van der Waals surface area contributed by atoms with Gasteiger partial charge in [-0.05, 0) is 48.6 Å². The van der Waals surface area contributed by atoms with Crippen LogP contribution in [0.15, 0.2) is 24.3 Å². The van der Waals surface area contributed by atoms with Gasteiger partial charge in [0.2, 0.25) is 0 Å². The number of benzene rings is 1. The van der Waals surface area contributed by atoms with Crippen molar-refractivity contribution in [3.8, 4) is 0 Å². The molecule has 6 heteroatoms. The first-order valence-corrected chi connectivity index (χ1v) is 8.34. The van der Waals surface area contributed by atoms with E-state index in [0.29, 0.717) is 5.56 Å². The molecule has 1 rings (SSSR count). The van der Waals surface area contributed by atoms with E-state index < -0.39 is 14.6 Å². The zero-order valence-corrected chi connectivity index (χ0v) is 13.5. The van der Waals surface area contributed by atoms with Crippen LogP contribution in [0, 0.1) is 3.57 Å². The van der Waals surface area contributed by atoms with Gasteiger partial charge in [-0.1, -0.05) is 12.1 Å². The van der Waals surface area contributed by atoms with Crippen LogP contribution in [0.5, 0.6) is 0 Å². The number of hydrogen-bond donors (Lipinski definition) is 1. The third-order valence-corrected chi connectivity index (χ3v) is 5.89. The van der Waals surface area contributed by atoms with Crippen LogP contribution in [0.3, 0.4) is 0 Å². The van der Waals surface area contributed by atoms with Crippen LogP contribution in [-0.2, 0) is 9.84 Å². The van der Waals surface area contributed by atoms with Crippen molar-refractivity contribution in [2.24, 2.45) is 0 Å². The summed E-state index contributed by atoms with van der Waals surface area (Å²) in [6.45, 7) is 3.28. The Morgan fingerprint density at radius 3 is 2.39 bits per heavy atom. The van der Waals surface area contributed by atoms with Crippen molar-refractivity contribution in [3.05, 3.63) is 33.4 Å². The van der Waals surface area contributed by atoms with Crippen LogP contribution < -0.4 is 5.32 Å². The summed E-state index contributed by atoms with van der Waals surface area (Å²) in [5, 5.41) is 2.66. The number of hydrogen-bond acceptors (Lipinski definition) is 3. The molecule has 0 bridgehead atoms. The fourth-order valence-electron chi connectivity index (χ4n) is 1.16. The summed E-state index contributed by atoms with van der Waals surface area (Å²) < 4.78 is 22.9. The molecule has 0 aliphatic heterocycles. The summed E-state index contributed by atoms with van der Waals surface area (Å²) in [6.07, 6.45) is 1.17. The zero-order chi connectivity index (χ0) is 14.0. The molecule has 0 spiro atoms. The van der Waals surface area contributed by atoms with Gasteiger partial charge in [0.25, 0.3) is 5.91 Å². The highest BCUT2D eigenvalue weighted by Crippen LogP contribution is 2.15. The summed E-state index contributed by atoms with van der Waals surface area (Å²) in [7, 11) is -3.21. The van der Waals surface area contributed by atoms with Gasteiger partial charge in [-0.3, -0.25) is 4.79 Å². The quantitative estimate of drug-likeness (QED) is 0.810. The Balaban J connectivity index is 2.77. The number of halogens is 1. The highest BCUT2D eigenvalue weighted by molar-refractivity contribution is 14.1. The second-order valence-corrected chi connectivity index (χ2v) is 8.51. The summed E-state index contributed by atoms with van der Waals surface area (Å²) in [5.74, 6) is -0.253. The normalized spacial score (nSPS) is 12.2. The third-order valence-electron chi connectivity index (χ3n) is 2.80. The molecule has 0 aliphatic carbocycles. The van der Waals surface area contributed by atoms with Gasteiger partial charge < -0.3 is 5.32 Å². The summed E-state index contributed by atoms with van der Waals surface area (Å²) >= 11 is 2.07. The van der Waals surface area contributed by atoms with E-state index >= 15 is 0 Å². The molecular weight excluding hydrogens is 365 g/mol. The van der Waals surface area contributed by atoms with Crippen molar-refractivity contribution in [1.29, 1.82) is 0 Å². The maximum absolute atomic E-state index is 11.9. The van der Waals surface area contributed by atoms with Crippen LogP contribution >= 0.6 is 22.6 Å². The SMILES string of the molecule is CC(C)(CNC(=O)c1ccccc1I)S(C)(=O)=O. The van der Waals surface area contributed by atoms with Gasteiger partial charge in [0.1, 0.15) is 0 Å². The Bertz CT molecular complexity index is 552. The molecule has 1 amide bonds. The van der Waals surface area contributed by atoms with Gasteiger partial charge in [-0.25, -0.2) is 8.42 Å². The molecule has 0 fully saturated rings. The maximum Gasteiger partial charge on any atom is 0.252 e. The fourth-order valence-corrected chi connectivity index (χ4v) is 2.13. The maximum atomic E-state index is 11.9. The molecular formula is C12H16INO3S. The molecule has 1 aromatic carbocycles. The Kier molecular flexibility index (Phi) is 4.77. The lowest BCUT2D eigenvalue weighted by molar-refractivity contribution is 0.0949. The van der Waals surface area contributed by atoms with Gasteiger partial charge in [-0.15, -0.1) is 0 Å². The monoisotopic (exact) mass is 381 g/mol. The molecule has 100 valence electrons. The van der Waals surface area contributed by atoms with Crippen LogP contribution in [0.1, 0.15) is 24.2 Å². The predicted molar refractivity (Wildman–Crippen MR) is 80.4 cm³/mol. The second-order valence-electron chi connectivity index (χ2n) is 4.69. The molecule has 0 unspecified atom stereocenters. The van der Waals surface area contributed by atoms with E-state index in [1.165, 1.54) is 6.26 Å². The smallest absolute Gasteiger partial charge is 0.252 e. The predicted octanol–water partition coefficient (Wildman–Crippen LogP) is 1.84. The van der Waals surface area contributed by atoms with Gasteiger partial charge in [0.05, 0.1) is 10.3 Å². The number of sulfone groups is 1. The van der Waals surface area contributed by atoms with E-state index in [0.717, 1.165) is 3.57 Å². The van der Waals surface area contributed by atoms with Crippen molar-refractivity contribution in [3.63, 3.8) is 0 Å². The largest absolute Gasteiger partial charge is 0.350 e. The molecule has 4 nitrogen and oxygen atoms in total. The molecule has 0 radical (unpaired) electrons. The minimum Gasteiger partial charge on any atom is -0.350 e. The molecule has 0 atom stereocenters. The number of carbonyl (C=O) groups excluding carboxylic acids is 1. The Morgan fingerprint density at radius 1 is 1.33 bits per heavy atom. The first kappa shape index (κ1) is 15.4. The number of carbonyl (C=O) groups is 1. The summed E-state index contributed by atoms with van der Waals surface area (Å²) in [4.78, 5) is 11.9. The van der Waals surface area contributed by atoms with E-state index in [-0.39, 0.29) is 12.5 Å². The summed E-state index contributed by atoms with van der Waals surface area (Å²) in [5.41, 5.74) is 0.558. The summed E-state index contributed by atoms with van der Waals surface area (Å²) in [6, 6.07) is 7.17. The Morgan fingerprint density at radius 2 is 1.89 bits per heavy atom. The number of rotatable bonds is 4. The average Bonchev–Trinajstić information content (AvgIpc) is 2.25. The van der Waals surface area contributed by atoms with E-state index in [1.54, 1.807) is 26.0 Å². The highest BCUT2D eigenvalue weighted by Gasteiger charge is 2.30. The fraction of sp³-hybridized carbons (Fsp3) is 0.417. The van der Waals surface area contributed by atoms with E-state index in [4.69, 9.17) is 0 Å². The topological polar surface area (TPSA) is 63.2 Å². The average molecular weight is 381 g/mol. The molecule has 0 aromatic heterocycles. The molecule has 0 saturated heterocycles. The van der Waals surface area contributed by atoms with Crippen LogP contribution in [0.2, 0.25) is 0 Å². The molecule has 0 aliphatic rings. The number of nitrogens with one attached hydrogen (secondary N) is 1. The minimum atomic E-state index is -3.21. The minimum absolute atomic E-state index is 0.0929. The van der Waals surface area contributed by atoms with Crippen molar-refractivity contribution >= 4 is 38.3 Å². The lowest BCUT2D eigenvalue weighted by Gasteiger charge is -2.22. The first-order valence-electron chi connectivity index (χ1n) is 5.37. The van der Waals surface area contributed by atoms with E-state index in [1.807, 2.05) is 12.1 Å². The van der Waals surface area contributed by atoms with Crippen molar-refractivity contribution in [1.82, 2.24) is 5.32 Å². The molecule has 1 N–H and O–H groups in total. The molecule has 0 heterocycles. The Hall–Kier alpha value is -0.630. The highest BCUT2D eigenvalue weighted by atomic mass is 127.